The van der Waals surface area contributed by atoms with E-state index in [1.54, 1.807) is 7.11 Å². The van der Waals surface area contributed by atoms with E-state index in [4.69, 9.17) is 4.74 Å². The van der Waals surface area contributed by atoms with Crippen LogP contribution in [0.3, 0.4) is 0 Å². The van der Waals surface area contributed by atoms with Crippen LogP contribution in [0.1, 0.15) is 0 Å². The minimum Gasteiger partial charge on any atom is -0.481 e. The molecule has 0 atom stereocenters. The number of aromatic nitrogens is 1. The Labute approximate surface area is 89.1 Å². The summed E-state index contributed by atoms with van der Waals surface area (Å²) >= 11 is 0. The minimum atomic E-state index is 0. The maximum atomic E-state index is 5.00. The maximum Gasteiger partial charge on any atom is 1.00 e. The molecule has 0 aliphatic heterocycles. The van der Waals surface area contributed by atoms with Crippen molar-refractivity contribution in [1.29, 1.82) is 0 Å². The van der Waals surface area contributed by atoms with Gasteiger partial charge in [0.05, 0.1) is 7.11 Å². The van der Waals surface area contributed by atoms with Crippen molar-refractivity contribution in [3.05, 3.63) is 36.4 Å². The van der Waals surface area contributed by atoms with Crippen LogP contribution in [0.4, 0.5) is 0 Å². The van der Waals surface area contributed by atoms with Crippen LogP contribution in [0.5, 0.6) is 5.88 Å². The number of ether oxygens (including phenoxy) is 1. The summed E-state index contributed by atoms with van der Waals surface area (Å²) in [6, 6.07) is 12.5. The zero-order valence-electron chi connectivity index (χ0n) is 7.74. The molecule has 3 heteroatoms. The van der Waals surface area contributed by atoms with Crippen LogP contribution >= 0.6 is 0 Å². The molecule has 2 rings (SSSR count). The van der Waals surface area contributed by atoms with Crippen molar-refractivity contribution in [3.8, 4) is 5.88 Å². The second kappa shape index (κ2) is 4.32. The van der Waals surface area contributed by atoms with Crippen molar-refractivity contribution in [2.24, 2.45) is 0 Å². The fraction of sp³-hybridized carbons (Fsp3) is 0.100. The first-order valence-corrected chi connectivity index (χ1v) is 3.71. The number of hydrogen-bond acceptors (Lipinski definition) is 2. The largest absolute Gasteiger partial charge is 1.00 e. The van der Waals surface area contributed by atoms with Crippen LogP contribution < -0.4 is 23.6 Å². The van der Waals surface area contributed by atoms with Gasteiger partial charge in [0.25, 0.3) is 0 Å². The fourth-order valence-corrected chi connectivity index (χ4v) is 1.10. The molecule has 0 aliphatic rings. The molecule has 0 radical (unpaired) electrons. The number of pyridine rings is 1. The molecule has 60 valence electrons. The van der Waals surface area contributed by atoms with Gasteiger partial charge in [0, 0.05) is 0 Å². The number of nitrogens with zero attached hydrogens (tertiary/aromatic N) is 1. The average molecular weight is 165 g/mol. The van der Waals surface area contributed by atoms with Gasteiger partial charge in [0.15, 0.2) is 0 Å². The molecule has 1 aromatic carbocycles. The molecule has 1 aromatic heterocycles. The quantitative estimate of drug-likeness (QED) is 0.401. The van der Waals surface area contributed by atoms with E-state index in [1.165, 1.54) is 0 Å². The molecule has 13 heavy (non-hydrogen) atoms. The van der Waals surface area contributed by atoms with Crippen molar-refractivity contribution >= 4 is 10.9 Å². The van der Waals surface area contributed by atoms with Gasteiger partial charge in [-0.25, -0.2) is 4.98 Å². The molecule has 0 unspecified atom stereocenters. The smallest absolute Gasteiger partial charge is 0.481 e. The Bertz CT molecular complexity index is 403. The van der Waals surface area contributed by atoms with E-state index < -0.39 is 0 Å². The summed E-state index contributed by atoms with van der Waals surface area (Å²) < 4.78 is 5.00. The molecule has 0 N–H and O–H groups in total. The maximum absolute atomic E-state index is 5.00. The Morgan fingerprint density at radius 2 is 2.15 bits per heavy atom. The van der Waals surface area contributed by atoms with Gasteiger partial charge < -0.3 is 4.74 Å². The van der Waals surface area contributed by atoms with Crippen LogP contribution in [-0.2, 0) is 0 Å². The topological polar surface area (TPSA) is 22.1 Å². The second-order valence-electron chi connectivity index (χ2n) is 2.47. The van der Waals surface area contributed by atoms with Gasteiger partial charge in [-0.05, 0) is 11.6 Å². The average Bonchev–Trinajstić information content (AvgIpc) is 2.17. The van der Waals surface area contributed by atoms with Gasteiger partial charge in [-0.2, -0.15) is 18.2 Å². The molecule has 0 bridgehead atoms. The molecule has 2 aromatic rings. The zero-order chi connectivity index (χ0) is 8.39. The van der Waals surface area contributed by atoms with Crippen LogP contribution in [0.25, 0.3) is 10.9 Å². The van der Waals surface area contributed by atoms with Gasteiger partial charge in [0.2, 0.25) is 5.88 Å². The van der Waals surface area contributed by atoms with E-state index in [9.17, 15) is 0 Å². The van der Waals surface area contributed by atoms with Crippen LogP contribution in [0.15, 0.2) is 30.3 Å². The van der Waals surface area contributed by atoms with Gasteiger partial charge in [0.1, 0.15) is 0 Å². The Kier molecular flexibility index (Phi) is 3.36. The summed E-state index contributed by atoms with van der Waals surface area (Å²) in [4.78, 5) is 4.25. The Balaban J connectivity index is 0.000000845. The van der Waals surface area contributed by atoms with Crippen molar-refractivity contribution in [2.75, 3.05) is 7.11 Å². The molecule has 0 spiro atoms. The van der Waals surface area contributed by atoms with E-state index in [0.717, 1.165) is 10.9 Å². The summed E-state index contributed by atoms with van der Waals surface area (Å²) in [6.07, 6.45) is 0. The van der Waals surface area contributed by atoms with Gasteiger partial charge in [-0.15, -0.1) is 17.5 Å². The molecule has 0 saturated heterocycles. The molecule has 0 amide bonds. The Hall–Kier alpha value is -0.973. The summed E-state index contributed by atoms with van der Waals surface area (Å²) in [5.41, 5.74) is 0.938. The Morgan fingerprint density at radius 1 is 1.31 bits per heavy atom. The van der Waals surface area contributed by atoms with Gasteiger partial charge in [-0.1, -0.05) is 0 Å². The number of fused-ring (bicyclic) bond motifs is 1. The zero-order valence-corrected chi connectivity index (χ0v) is 7.74. The van der Waals surface area contributed by atoms with Crippen molar-refractivity contribution in [3.63, 3.8) is 0 Å². The fourth-order valence-electron chi connectivity index (χ4n) is 1.10. The summed E-state index contributed by atoms with van der Waals surface area (Å²) in [5.74, 6) is 0.647. The molecule has 0 aliphatic carbocycles. The first-order chi connectivity index (χ1) is 5.90. The molecular weight excluding hydrogens is 157 g/mol. The third-order valence-electron chi connectivity index (χ3n) is 1.72. The summed E-state index contributed by atoms with van der Waals surface area (Å²) in [6.45, 7) is 0. The van der Waals surface area contributed by atoms with Crippen molar-refractivity contribution in [2.45, 2.75) is 0 Å². The molecule has 0 saturated carbocycles. The van der Waals surface area contributed by atoms with E-state index >= 15 is 0 Å². The predicted octanol–water partition coefficient (Wildman–Crippen LogP) is -0.952. The normalized spacial score (nSPS) is 9.31. The molecule has 2 nitrogen and oxygen atoms in total. The molecule has 1 heterocycles. The third kappa shape index (κ3) is 2.03. The van der Waals surface area contributed by atoms with E-state index in [0.29, 0.717) is 5.88 Å². The summed E-state index contributed by atoms with van der Waals surface area (Å²) in [5, 5.41) is 1.08. The first-order valence-electron chi connectivity index (χ1n) is 3.71. The second-order valence-corrected chi connectivity index (χ2v) is 2.47. The molecule has 0 fully saturated rings. The number of methoxy groups -OCH3 is 1. The van der Waals surface area contributed by atoms with Crippen molar-refractivity contribution < 1.29 is 23.6 Å². The van der Waals surface area contributed by atoms with Crippen LogP contribution in [0.2, 0.25) is 0 Å². The first kappa shape index (κ1) is 10.1. The van der Waals surface area contributed by atoms with E-state index in [2.05, 4.69) is 11.1 Å². The standard InChI is InChI=1S/C10H8NO.Li/c1-12-10-7-6-8-4-2-3-5-9(8)11-10;/h3-7H,1H3;/q-1;+1. The minimum absolute atomic E-state index is 0. The van der Waals surface area contributed by atoms with E-state index in [-0.39, 0.29) is 18.9 Å². The Morgan fingerprint density at radius 3 is 2.92 bits per heavy atom. The number of rotatable bonds is 1. The monoisotopic (exact) mass is 165 g/mol. The van der Waals surface area contributed by atoms with Crippen LogP contribution in [0, 0.1) is 6.07 Å². The number of benzene rings is 1. The predicted molar refractivity (Wildman–Crippen MR) is 47.1 cm³/mol. The molecular formula is C10H8LiNO. The number of hydrogen-bond donors (Lipinski definition) is 0. The van der Waals surface area contributed by atoms with Crippen molar-refractivity contribution in [1.82, 2.24) is 4.98 Å². The van der Waals surface area contributed by atoms with E-state index in [1.807, 2.05) is 30.3 Å². The summed E-state index contributed by atoms with van der Waals surface area (Å²) in [7, 11) is 1.61. The van der Waals surface area contributed by atoms with Crippen LogP contribution in [-0.4, -0.2) is 12.1 Å². The third-order valence-corrected chi connectivity index (χ3v) is 1.72. The van der Waals surface area contributed by atoms with Gasteiger partial charge in [-0.3, -0.25) is 0 Å². The SMILES string of the molecule is COc1ccc2c[c-]ccc2n1.[Li+]. The van der Waals surface area contributed by atoms with Gasteiger partial charge >= 0.3 is 18.9 Å².